The van der Waals surface area contributed by atoms with Crippen molar-refractivity contribution in [2.75, 3.05) is 13.1 Å². The van der Waals surface area contributed by atoms with Crippen LogP contribution < -0.4 is 0 Å². The van der Waals surface area contributed by atoms with Crippen LogP contribution in [0, 0.1) is 18.3 Å². The summed E-state index contributed by atoms with van der Waals surface area (Å²) >= 11 is 0. The number of nitrogens with zero attached hydrogens (tertiary/aromatic N) is 1. The summed E-state index contributed by atoms with van der Waals surface area (Å²) in [5, 5.41) is 0. The lowest BCUT2D eigenvalue weighted by molar-refractivity contribution is -0.000230. The third-order valence-corrected chi connectivity index (χ3v) is 2.02. The number of terminal acetylenes is 1. The number of rotatable bonds is 1. The Morgan fingerprint density at radius 1 is 1.57 bits per heavy atom. The summed E-state index contributed by atoms with van der Waals surface area (Å²) in [6.45, 7) is 7.06. The molecule has 0 aromatic rings. The van der Waals surface area contributed by atoms with E-state index in [1.54, 1.807) is 4.90 Å². The average molecular weight is 195 g/mol. The van der Waals surface area contributed by atoms with Crippen molar-refractivity contribution in [2.45, 2.75) is 32.8 Å². The molecule has 0 unspecified atom stereocenters. The molecule has 0 aliphatic carbocycles. The normalized spacial score (nSPS) is 17.1. The van der Waals surface area contributed by atoms with Gasteiger partial charge in [-0.25, -0.2) is 4.79 Å². The van der Waals surface area contributed by atoms with E-state index in [1.807, 2.05) is 20.8 Å². The zero-order chi connectivity index (χ0) is 10.8. The van der Waals surface area contributed by atoms with Gasteiger partial charge in [-0.1, -0.05) is 0 Å². The van der Waals surface area contributed by atoms with Crippen molar-refractivity contribution in [3.63, 3.8) is 0 Å². The number of ether oxygens (including phenoxy) is 1. The summed E-state index contributed by atoms with van der Waals surface area (Å²) < 4.78 is 5.20. The molecule has 1 rings (SSSR count). The smallest absolute Gasteiger partial charge is 0.410 e. The van der Waals surface area contributed by atoms with E-state index >= 15 is 0 Å². The predicted molar refractivity (Wildman–Crippen MR) is 54.7 cm³/mol. The third kappa shape index (κ3) is 2.95. The minimum absolute atomic E-state index is 0.231. The molecule has 1 aliphatic rings. The molecule has 78 valence electrons. The van der Waals surface area contributed by atoms with E-state index in [9.17, 15) is 4.79 Å². The highest BCUT2D eigenvalue weighted by atomic mass is 16.6. The number of carbonyl (C=O) groups excluding carboxylic acids is 1. The quantitative estimate of drug-likeness (QED) is 0.598. The van der Waals surface area contributed by atoms with Gasteiger partial charge in [0.1, 0.15) is 5.60 Å². The Hall–Kier alpha value is -1.17. The topological polar surface area (TPSA) is 29.5 Å². The molecule has 0 bridgehead atoms. The van der Waals surface area contributed by atoms with Gasteiger partial charge in [0.05, 0.1) is 0 Å². The molecular weight excluding hydrogens is 178 g/mol. The molecule has 1 fully saturated rings. The summed E-state index contributed by atoms with van der Waals surface area (Å²) in [6.07, 6.45) is 5.70. The van der Waals surface area contributed by atoms with Crippen LogP contribution in [0.15, 0.2) is 0 Å². The molecule has 1 aliphatic heterocycles. The van der Waals surface area contributed by atoms with Crippen molar-refractivity contribution in [3.8, 4) is 12.3 Å². The fourth-order valence-corrected chi connectivity index (χ4v) is 1.34. The first kappa shape index (κ1) is 10.9. The van der Waals surface area contributed by atoms with Crippen LogP contribution in [0.2, 0.25) is 0 Å². The van der Waals surface area contributed by atoms with Gasteiger partial charge in [-0.3, -0.25) is 0 Å². The maximum atomic E-state index is 11.4. The van der Waals surface area contributed by atoms with E-state index in [0.717, 1.165) is 19.5 Å². The van der Waals surface area contributed by atoms with Crippen LogP contribution in [0.25, 0.3) is 0 Å². The van der Waals surface area contributed by atoms with Crippen LogP contribution in [0.1, 0.15) is 27.2 Å². The number of carbonyl (C=O) groups is 1. The SMILES string of the molecule is C#CCC1CN(C(=O)OC(C)(C)C)C1. The van der Waals surface area contributed by atoms with Gasteiger partial charge in [-0.05, 0) is 20.8 Å². The van der Waals surface area contributed by atoms with Crippen molar-refractivity contribution in [1.29, 1.82) is 0 Å². The predicted octanol–water partition coefficient (Wildman–Crippen LogP) is 1.88. The standard InChI is InChI=1S/C11H17NO2/c1-5-6-9-7-12(8-9)10(13)14-11(2,3)4/h1,9H,6-8H2,2-4H3. The molecule has 1 heterocycles. The van der Waals surface area contributed by atoms with Crippen LogP contribution in [0.4, 0.5) is 4.79 Å². The fourth-order valence-electron chi connectivity index (χ4n) is 1.34. The summed E-state index contributed by atoms with van der Waals surface area (Å²) in [5.74, 6) is 3.06. The zero-order valence-electron chi connectivity index (χ0n) is 9.04. The van der Waals surface area contributed by atoms with Crippen molar-refractivity contribution in [1.82, 2.24) is 4.90 Å². The molecule has 0 N–H and O–H groups in total. The summed E-state index contributed by atoms with van der Waals surface area (Å²) in [6, 6.07) is 0. The van der Waals surface area contributed by atoms with Crippen LogP contribution in [-0.4, -0.2) is 29.7 Å². The van der Waals surface area contributed by atoms with Crippen LogP contribution in [0.3, 0.4) is 0 Å². The molecule has 3 heteroatoms. The second-order valence-corrected chi connectivity index (χ2v) is 4.66. The highest BCUT2D eigenvalue weighted by Crippen LogP contribution is 2.21. The Morgan fingerprint density at radius 2 is 2.14 bits per heavy atom. The molecule has 1 amide bonds. The molecule has 0 saturated carbocycles. The van der Waals surface area contributed by atoms with E-state index in [4.69, 9.17) is 11.2 Å². The lowest BCUT2D eigenvalue weighted by atomic mass is 9.98. The van der Waals surface area contributed by atoms with Gasteiger partial charge < -0.3 is 9.64 Å². The van der Waals surface area contributed by atoms with Crippen molar-refractivity contribution >= 4 is 6.09 Å². The Labute approximate surface area is 85.4 Å². The molecule has 14 heavy (non-hydrogen) atoms. The highest BCUT2D eigenvalue weighted by molar-refractivity contribution is 5.69. The minimum atomic E-state index is -0.408. The highest BCUT2D eigenvalue weighted by Gasteiger charge is 2.32. The summed E-state index contributed by atoms with van der Waals surface area (Å²) in [5.41, 5.74) is -0.408. The molecule has 0 aromatic carbocycles. The van der Waals surface area contributed by atoms with E-state index in [-0.39, 0.29) is 6.09 Å². The monoisotopic (exact) mass is 195 g/mol. The minimum Gasteiger partial charge on any atom is -0.444 e. The lowest BCUT2D eigenvalue weighted by Crippen LogP contribution is -2.51. The molecule has 0 aromatic heterocycles. The molecule has 0 atom stereocenters. The van der Waals surface area contributed by atoms with E-state index in [0.29, 0.717) is 5.92 Å². The van der Waals surface area contributed by atoms with Gasteiger partial charge in [0.2, 0.25) is 0 Å². The van der Waals surface area contributed by atoms with Crippen molar-refractivity contribution in [3.05, 3.63) is 0 Å². The number of likely N-dealkylation sites (tertiary alicyclic amines) is 1. The molecular formula is C11H17NO2. The van der Waals surface area contributed by atoms with Gasteiger partial charge in [0.15, 0.2) is 0 Å². The van der Waals surface area contributed by atoms with Gasteiger partial charge >= 0.3 is 6.09 Å². The average Bonchev–Trinajstić information content (AvgIpc) is 1.91. The first-order chi connectivity index (χ1) is 6.42. The summed E-state index contributed by atoms with van der Waals surface area (Å²) in [7, 11) is 0. The Balaban J connectivity index is 2.27. The van der Waals surface area contributed by atoms with Gasteiger partial charge in [-0.15, -0.1) is 12.3 Å². The number of hydrogen-bond acceptors (Lipinski definition) is 2. The maximum Gasteiger partial charge on any atom is 0.410 e. The van der Waals surface area contributed by atoms with E-state index < -0.39 is 5.60 Å². The van der Waals surface area contributed by atoms with Gasteiger partial charge in [0, 0.05) is 25.4 Å². The van der Waals surface area contributed by atoms with Crippen molar-refractivity contribution in [2.24, 2.45) is 5.92 Å². The zero-order valence-corrected chi connectivity index (χ0v) is 9.04. The van der Waals surface area contributed by atoms with Gasteiger partial charge in [0.25, 0.3) is 0 Å². The molecule has 0 radical (unpaired) electrons. The number of amides is 1. The summed E-state index contributed by atoms with van der Waals surface area (Å²) in [4.78, 5) is 13.1. The second-order valence-electron chi connectivity index (χ2n) is 4.66. The van der Waals surface area contributed by atoms with E-state index in [2.05, 4.69) is 5.92 Å². The van der Waals surface area contributed by atoms with E-state index in [1.165, 1.54) is 0 Å². The fraction of sp³-hybridized carbons (Fsp3) is 0.727. The van der Waals surface area contributed by atoms with Crippen molar-refractivity contribution < 1.29 is 9.53 Å². The maximum absolute atomic E-state index is 11.4. The third-order valence-electron chi connectivity index (χ3n) is 2.02. The Bertz CT molecular complexity index is 253. The van der Waals surface area contributed by atoms with Crippen LogP contribution in [0.5, 0.6) is 0 Å². The molecule has 0 spiro atoms. The second kappa shape index (κ2) is 3.91. The van der Waals surface area contributed by atoms with Crippen LogP contribution in [-0.2, 0) is 4.74 Å². The number of hydrogen-bond donors (Lipinski definition) is 0. The molecule has 3 nitrogen and oxygen atoms in total. The Morgan fingerprint density at radius 3 is 2.57 bits per heavy atom. The first-order valence-corrected chi connectivity index (χ1v) is 4.84. The molecule has 1 saturated heterocycles. The largest absolute Gasteiger partial charge is 0.444 e. The first-order valence-electron chi connectivity index (χ1n) is 4.84. The Kier molecular flexibility index (Phi) is 3.05. The van der Waals surface area contributed by atoms with Crippen LogP contribution >= 0.6 is 0 Å². The van der Waals surface area contributed by atoms with Gasteiger partial charge in [-0.2, -0.15) is 0 Å². The lowest BCUT2D eigenvalue weighted by Gasteiger charge is -2.39.